The zero-order valence-electron chi connectivity index (χ0n) is 20.1. The Morgan fingerprint density at radius 1 is 0.875 bits per heavy atom. The number of unbranched alkanes of at least 4 members (excludes halogenated alkanes) is 5. The van der Waals surface area contributed by atoms with Crippen molar-refractivity contribution in [3.8, 4) is 5.75 Å². The maximum Gasteiger partial charge on any atom is 0.122 e. The number of rotatable bonds is 16. The summed E-state index contributed by atoms with van der Waals surface area (Å²) in [6, 6.07) is 18.3. The van der Waals surface area contributed by atoms with Crippen molar-refractivity contribution in [3.63, 3.8) is 0 Å². The number of ether oxygens (including phenoxy) is 2. The van der Waals surface area contributed by atoms with E-state index in [1.807, 2.05) is 42.5 Å². The highest BCUT2D eigenvalue weighted by atomic mass is 35.5. The highest BCUT2D eigenvalue weighted by Gasteiger charge is 2.17. The SMILES string of the molecule is CCCCCCCCC(COCC[N+](C)(C)Cc1ccc(Cl)cc1)Oc1ccccc1.[Cl-]. The second kappa shape index (κ2) is 16.4. The van der Waals surface area contributed by atoms with E-state index < -0.39 is 0 Å². The normalized spacial score (nSPS) is 12.2. The lowest BCUT2D eigenvalue weighted by Gasteiger charge is -2.30. The molecule has 0 fully saturated rings. The topological polar surface area (TPSA) is 18.5 Å². The Balaban J connectivity index is 0.00000512. The van der Waals surface area contributed by atoms with Crippen molar-refractivity contribution in [1.82, 2.24) is 0 Å². The number of hydrogen-bond acceptors (Lipinski definition) is 2. The third kappa shape index (κ3) is 12.7. The zero-order valence-corrected chi connectivity index (χ0v) is 21.6. The van der Waals surface area contributed by atoms with Gasteiger partial charge in [0.15, 0.2) is 0 Å². The van der Waals surface area contributed by atoms with Gasteiger partial charge in [-0.2, -0.15) is 0 Å². The molecule has 0 aromatic heterocycles. The first-order chi connectivity index (χ1) is 15.0. The van der Waals surface area contributed by atoms with E-state index in [4.69, 9.17) is 21.1 Å². The van der Waals surface area contributed by atoms with Gasteiger partial charge in [0.1, 0.15) is 24.9 Å². The highest BCUT2D eigenvalue weighted by molar-refractivity contribution is 6.30. The first-order valence-electron chi connectivity index (χ1n) is 11.8. The summed E-state index contributed by atoms with van der Waals surface area (Å²) in [5, 5.41) is 0.784. The lowest BCUT2D eigenvalue weighted by Crippen LogP contribution is -3.00. The minimum Gasteiger partial charge on any atom is -1.00 e. The van der Waals surface area contributed by atoms with Gasteiger partial charge in [-0.1, -0.05) is 81.0 Å². The first kappa shape index (κ1) is 28.8. The first-order valence-corrected chi connectivity index (χ1v) is 12.2. The molecular formula is C27H41Cl2NO2. The minimum absolute atomic E-state index is 0. The van der Waals surface area contributed by atoms with Crippen molar-refractivity contribution in [3.05, 3.63) is 65.2 Å². The molecule has 0 N–H and O–H groups in total. The molecule has 0 heterocycles. The van der Waals surface area contributed by atoms with Gasteiger partial charge in [-0.3, -0.25) is 0 Å². The summed E-state index contributed by atoms with van der Waals surface area (Å²) >= 11 is 6.00. The quantitative estimate of drug-likeness (QED) is 0.265. The van der Waals surface area contributed by atoms with Crippen molar-refractivity contribution >= 4 is 11.6 Å². The fourth-order valence-corrected chi connectivity index (χ4v) is 3.84. The predicted octanol–water partition coefficient (Wildman–Crippen LogP) is 4.14. The van der Waals surface area contributed by atoms with Gasteiger partial charge in [0, 0.05) is 10.6 Å². The molecule has 180 valence electrons. The Kier molecular flexibility index (Phi) is 14.7. The average Bonchev–Trinajstić information content (AvgIpc) is 2.75. The molecule has 0 radical (unpaired) electrons. The fraction of sp³-hybridized carbons (Fsp3) is 0.556. The number of benzene rings is 2. The van der Waals surface area contributed by atoms with Crippen LogP contribution in [0, 0.1) is 0 Å². The van der Waals surface area contributed by atoms with Crippen LogP contribution in [0.15, 0.2) is 54.6 Å². The number of nitrogens with zero attached hydrogens (tertiary/aromatic N) is 1. The number of likely N-dealkylation sites (N-methyl/N-ethyl adjacent to an activating group) is 1. The number of hydrogen-bond donors (Lipinski definition) is 0. The summed E-state index contributed by atoms with van der Waals surface area (Å²) in [5.41, 5.74) is 1.29. The van der Waals surface area contributed by atoms with Crippen molar-refractivity contribution in [2.45, 2.75) is 64.5 Å². The molecule has 1 unspecified atom stereocenters. The summed E-state index contributed by atoms with van der Waals surface area (Å²) in [7, 11) is 4.48. The smallest absolute Gasteiger partial charge is 0.122 e. The van der Waals surface area contributed by atoms with Crippen LogP contribution in [0.4, 0.5) is 0 Å². The van der Waals surface area contributed by atoms with Gasteiger partial charge < -0.3 is 26.4 Å². The van der Waals surface area contributed by atoms with Crippen LogP contribution in [0.5, 0.6) is 5.75 Å². The van der Waals surface area contributed by atoms with Crippen molar-refractivity contribution in [2.24, 2.45) is 0 Å². The standard InChI is InChI=1S/C27H41ClNO2.ClH/c1-4-5-6-7-8-10-15-27(31-26-13-11-9-12-14-26)23-30-21-20-29(2,3)22-24-16-18-25(28)19-17-24;/h9,11-14,16-19,27H,4-8,10,15,20-23H2,1-3H3;1H/q+1;/p-1. The molecule has 0 amide bonds. The fourth-order valence-electron chi connectivity index (χ4n) is 3.71. The second-order valence-electron chi connectivity index (χ2n) is 9.13. The van der Waals surface area contributed by atoms with E-state index in [-0.39, 0.29) is 18.5 Å². The van der Waals surface area contributed by atoms with Crippen molar-refractivity contribution < 1.29 is 26.4 Å². The Morgan fingerprint density at radius 3 is 2.22 bits per heavy atom. The van der Waals surface area contributed by atoms with Gasteiger partial charge in [0.25, 0.3) is 0 Å². The van der Waals surface area contributed by atoms with E-state index in [0.29, 0.717) is 6.61 Å². The molecule has 0 aliphatic carbocycles. The molecule has 0 bridgehead atoms. The third-order valence-corrected chi connectivity index (χ3v) is 5.85. The van der Waals surface area contributed by atoms with Crippen LogP contribution < -0.4 is 17.1 Å². The monoisotopic (exact) mass is 481 g/mol. The van der Waals surface area contributed by atoms with Crippen molar-refractivity contribution in [1.29, 1.82) is 0 Å². The van der Waals surface area contributed by atoms with Gasteiger partial charge in [-0.05, 0) is 37.1 Å². The summed E-state index contributed by atoms with van der Waals surface area (Å²) in [6.07, 6.45) is 8.94. The number of halogens is 2. The van der Waals surface area contributed by atoms with E-state index in [9.17, 15) is 0 Å². The number of para-hydroxylation sites is 1. The molecular weight excluding hydrogens is 441 g/mol. The lowest BCUT2D eigenvalue weighted by atomic mass is 10.1. The summed E-state index contributed by atoms with van der Waals surface area (Å²) in [4.78, 5) is 0. The van der Waals surface area contributed by atoms with Crippen LogP contribution in [0.25, 0.3) is 0 Å². The Labute approximate surface area is 207 Å². The molecule has 2 aromatic carbocycles. The minimum atomic E-state index is 0. The van der Waals surface area contributed by atoms with E-state index in [0.717, 1.165) is 41.4 Å². The van der Waals surface area contributed by atoms with E-state index in [1.54, 1.807) is 0 Å². The Morgan fingerprint density at radius 2 is 1.53 bits per heavy atom. The van der Waals surface area contributed by atoms with Gasteiger partial charge >= 0.3 is 0 Å². The second-order valence-corrected chi connectivity index (χ2v) is 9.56. The summed E-state index contributed by atoms with van der Waals surface area (Å²) in [5.74, 6) is 0.931. The summed E-state index contributed by atoms with van der Waals surface area (Å²) in [6.45, 7) is 5.55. The van der Waals surface area contributed by atoms with Crippen LogP contribution in [0.3, 0.4) is 0 Å². The van der Waals surface area contributed by atoms with Gasteiger partial charge in [0.2, 0.25) is 0 Å². The zero-order chi connectivity index (χ0) is 22.4. The molecule has 2 aromatic rings. The van der Waals surface area contributed by atoms with Crippen LogP contribution in [-0.2, 0) is 11.3 Å². The van der Waals surface area contributed by atoms with Crippen LogP contribution >= 0.6 is 11.6 Å². The molecule has 32 heavy (non-hydrogen) atoms. The van der Waals surface area contributed by atoms with E-state index in [1.165, 1.54) is 44.1 Å². The van der Waals surface area contributed by atoms with Crippen LogP contribution in [0.1, 0.15) is 57.4 Å². The van der Waals surface area contributed by atoms with Gasteiger partial charge in [-0.15, -0.1) is 0 Å². The lowest BCUT2D eigenvalue weighted by molar-refractivity contribution is -0.904. The van der Waals surface area contributed by atoms with Crippen LogP contribution in [0.2, 0.25) is 5.02 Å². The maximum absolute atomic E-state index is 6.24. The third-order valence-electron chi connectivity index (χ3n) is 5.59. The maximum atomic E-state index is 6.24. The largest absolute Gasteiger partial charge is 1.00 e. The molecule has 3 nitrogen and oxygen atoms in total. The molecule has 0 spiro atoms. The Bertz CT molecular complexity index is 707. The molecule has 2 rings (SSSR count). The van der Waals surface area contributed by atoms with E-state index >= 15 is 0 Å². The molecule has 1 atom stereocenters. The van der Waals surface area contributed by atoms with Crippen molar-refractivity contribution in [2.75, 3.05) is 33.9 Å². The molecule has 0 saturated heterocycles. The average molecular weight is 483 g/mol. The molecule has 0 aliphatic rings. The molecule has 0 saturated carbocycles. The molecule has 0 aliphatic heterocycles. The number of quaternary nitrogens is 1. The van der Waals surface area contributed by atoms with Gasteiger partial charge in [0.05, 0.1) is 27.3 Å². The van der Waals surface area contributed by atoms with E-state index in [2.05, 4.69) is 33.2 Å². The predicted molar refractivity (Wildman–Crippen MR) is 132 cm³/mol. The molecule has 5 heteroatoms. The van der Waals surface area contributed by atoms with Gasteiger partial charge in [-0.25, -0.2) is 0 Å². The Hall–Kier alpha value is -1.26. The highest BCUT2D eigenvalue weighted by Crippen LogP contribution is 2.17. The van der Waals surface area contributed by atoms with Crippen LogP contribution in [-0.4, -0.2) is 44.4 Å². The summed E-state index contributed by atoms with van der Waals surface area (Å²) < 4.78 is 13.2.